The van der Waals surface area contributed by atoms with Crippen LogP contribution in [0.2, 0.25) is 0 Å². The second-order valence-corrected chi connectivity index (χ2v) is 8.38. The molecule has 23 heavy (non-hydrogen) atoms. The largest absolute Gasteiger partial charge is 0.377 e. The SMILES string of the molecule is [NH]C(O)CCCCCNC(=O)CN(CP(=O)(O)O)CP(=O)(O)O. The molecule has 1 amide bonds. The molecule has 0 aromatic carbocycles. The lowest BCUT2D eigenvalue weighted by molar-refractivity contribution is -0.121. The van der Waals surface area contributed by atoms with Crippen molar-refractivity contribution in [1.82, 2.24) is 16.0 Å². The summed E-state index contributed by atoms with van der Waals surface area (Å²) in [5.41, 5.74) is 6.90. The highest BCUT2D eigenvalue weighted by atomic mass is 31.2. The maximum Gasteiger partial charge on any atom is 0.339 e. The third-order valence-corrected chi connectivity index (χ3v) is 4.15. The monoisotopic (exact) mass is 376 g/mol. The van der Waals surface area contributed by atoms with E-state index in [1.807, 2.05) is 0 Å². The fraction of sp³-hybridized carbons (Fsp3) is 0.900. The maximum absolute atomic E-state index is 11.6. The first-order valence-corrected chi connectivity index (χ1v) is 10.5. The molecule has 137 valence electrons. The number of aliphatic hydroxyl groups is 1. The lowest BCUT2D eigenvalue weighted by Crippen LogP contribution is -2.38. The number of hydrogen-bond donors (Lipinski definition) is 6. The minimum Gasteiger partial charge on any atom is -0.377 e. The van der Waals surface area contributed by atoms with E-state index in [-0.39, 0.29) is 6.54 Å². The first kappa shape index (κ1) is 22.6. The lowest BCUT2D eigenvalue weighted by Gasteiger charge is -2.22. The Morgan fingerprint density at radius 2 is 1.57 bits per heavy atom. The zero-order chi connectivity index (χ0) is 18.1. The van der Waals surface area contributed by atoms with Crippen LogP contribution in [0.1, 0.15) is 25.7 Å². The van der Waals surface area contributed by atoms with E-state index in [2.05, 4.69) is 5.32 Å². The van der Waals surface area contributed by atoms with Crippen molar-refractivity contribution in [1.29, 1.82) is 0 Å². The predicted octanol–water partition coefficient (Wildman–Crippen LogP) is -1.16. The molecule has 0 aliphatic heterocycles. The molecule has 0 aliphatic carbocycles. The molecule has 1 atom stereocenters. The molecule has 0 saturated heterocycles. The first-order chi connectivity index (χ1) is 10.4. The molecule has 0 fully saturated rings. The second kappa shape index (κ2) is 10.5. The topological polar surface area (TPSA) is 191 Å². The van der Waals surface area contributed by atoms with Crippen molar-refractivity contribution < 1.29 is 38.6 Å². The van der Waals surface area contributed by atoms with Gasteiger partial charge in [0.25, 0.3) is 0 Å². The lowest BCUT2D eigenvalue weighted by atomic mass is 10.2. The molecule has 11 nitrogen and oxygen atoms in total. The van der Waals surface area contributed by atoms with Crippen molar-refractivity contribution in [3.8, 4) is 0 Å². The van der Waals surface area contributed by atoms with E-state index in [0.29, 0.717) is 30.6 Å². The average Bonchev–Trinajstić information content (AvgIpc) is 2.28. The second-order valence-electron chi connectivity index (χ2n) is 5.16. The van der Waals surface area contributed by atoms with Gasteiger partial charge >= 0.3 is 15.2 Å². The Balaban J connectivity index is 4.18. The van der Waals surface area contributed by atoms with Crippen LogP contribution in [0.3, 0.4) is 0 Å². The van der Waals surface area contributed by atoms with Gasteiger partial charge in [-0.15, -0.1) is 0 Å². The Labute approximate surface area is 134 Å². The number of aliphatic hydroxyl groups excluding tert-OH is 1. The minimum absolute atomic E-state index is 0.284. The summed E-state index contributed by atoms with van der Waals surface area (Å²) in [5, 5.41) is 11.2. The van der Waals surface area contributed by atoms with Gasteiger partial charge in [-0.1, -0.05) is 6.42 Å². The highest BCUT2D eigenvalue weighted by Crippen LogP contribution is 2.40. The van der Waals surface area contributed by atoms with Gasteiger partial charge in [-0.2, -0.15) is 0 Å². The molecule has 0 spiro atoms. The summed E-state index contributed by atoms with van der Waals surface area (Å²) in [6.07, 6.45) is -0.714. The van der Waals surface area contributed by atoms with Crippen molar-refractivity contribution >= 4 is 21.1 Å². The molecule has 0 aromatic rings. The van der Waals surface area contributed by atoms with Gasteiger partial charge in [-0.25, -0.2) is 5.73 Å². The van der Waals surface area contributed by atoms with Crippen molar-refractivity contribution in [3.05, 3.63) is 0 Å². The van der Waals surface area contributed by atoms with E-state index in [9.17, 15) is 13.9 Å². The Bertz CT molecular complexity index is 425. The van der Waals surface area contributed by atoms with Crippen LogP contribution in [0.5, 0.6) is 0 Å². The molecule has 13 heteroatoms. The molecule has 1 radical (unpaired) electrons. The zero-order valence-corrected chi connectivity index (χ0v) is 14.3. The van der Waals surface area contributed by atoms with E-state index in [4.69, 9.17) is 30.4 Å². The zero-order valence-electron chi connectivity index (χ0n) is 12.5. The number of hydrogen-bond acceptors (Lipinski definition) is 5. The van der Waals surface area contributed by atoms with Gasteiger partial charge < -0.3 is 30.0 Å². The number of nitrogens with zero attached hydrogens (tertiary/aromatic N) is 1. The van der Waals surface area contributed by atoms with Gasteiger partial charge in [0.1, 0.15) is 18.8 Å². The predicted molar refractivity (Wildman–Crippen MR) is 81.1 cm³/mol. The highest BCUT2D eigenvalue weighted by Gasteiger charge is 2.27. The van der Waals surface area contributed by atoms with Crippen molar-refractivity contribution in [2.75, 3.05) is 25.7 Å². The molecule has 0 aromatic heterocycles. The van der Waals surface area contributed by atoms with Crippen molar-refractivity contribution in [2.24, 2.45) is 0 Å². The Kier molecular flexibility index (Phi) is 10.3. The smallest absolute Gasteiger partial charge is 0.339 e. The summed E-state index contributed by atoms with van der Waals surface area (Å²) >= 11 is 0. The summed E-state index contributed by atoms with van der Waals surface area (Å²) in [5.74, 6) is -0.604. The van der Waals surface area contributed by atoms with E-state index < -0.39 is 46.4 Å². The van der Waals surface area contributed by atoms with Crippen LogP contribution in [0.15, 0.2) is 0 Å². The Morgan fingerprint density at radius 1 is 1.04 bits per heavy atom. The van der Waals surface area contributed by atoms with Crippen molar-refractivity contribution in [3.63, 3.8) is 0 Å². The third kappa shape index (κ3) is 16.3. The number of nitrogens with one attached hydrogen (secondary N) is 2. The van der Waals surface area contributed by atoms with Gasteiger partial charge in [-0.3, -0.25) is 18.8 Å². The standard InChI is InChI=1S/C10H24N3O8P2/c11-9(14)4-2-1-3-5-12-10(15)6-13(7-22(16,17)18)8-23(19,20)21/h9,11,14H,1-8H2,(H,12,15)(H2,16,17,18)(H2,19,20,21). The first-order valence-electron chi connectivity index (χ1n) is 6.86. The molecular formula is C10H24N3O8P2. The summed E-state index contributed by atoms with van der Waals surface area (Å²) in [6, 6.07) is 0. The fourth-order valence-corrected chi connectivity index (χ4v) is 3.39. The quantitative estimate of drug-likeness (QED) is 0.180. The maximum atomic E-state index is 11.6. The molecule has 7 N–H and O–H groups in total. The van der Waals surface area contributed by atoms with Gasteiger partial charge in [0.15, 0.2) is 0 Å². The molecule has 1 unspecified atom stereocenters. The minimum atomic E-state index is -4.55. The van der Waals surface area contributed by atoms with Crippen LogP contribution in [-0.2, 0) is 13.9 Å². The van der Waals surface area contributed by atoms with Crippen LogP contribution in [-0.4, -0.2) is 67.4 Å². The normalized spacial score (nSPS) is 14.0. The molecule has 0 saturated carbocycles. The summed E-state index contributed by atoms with van der Waals surface area (Å²) in [4.78, 5) is 47.8. The third-order valence-electron chi connectivity index (χ3n) is 2.61. The fourth-order valence-electron chi connectivity index (χ4n) is 1.79. The molecule has 0 heterocycles. The highest BCUT2D eigenvalue weighted by molar-refractivity contribution is 7.52. The van der Waals surface area contributed by atoms with Crippen molar-refractivity contribution in [2.45, 2.75) is 31.9 Å². The van der Waals surface area contributed by atoms with Crippen LogP contribution in [0.25, 0.3) is 0 Å². The van der Waals surface area contributed by atoms with Crippen LogP contribution in [0, 0.1) is 0 Å². The van der Waals surface area contributed by atoms with E-state index in [0.717, 1.165) is 0 Å². The number of carbonyl (C=O) groups is 1. The van der Waals surface area contributed by atoms with E-state index >= 15 is 0 Å². The van der Waals surface area contributed by atoms with Gasteiger partial charge in [0, 0.05) is 6.54 Å². The Morgan fingerprint density at radius 3 is 2.00 bits per heavy atom. The van der Waals surface area contributed by atoms with E-state index in [1.54, 1.807) is 0 Å². The van der Waals surface area contributed by atoms with Gasteiger partial charge in [0.05, 0.1) is 6.54 Å². The average molecular weight is 376 g/mol. The Hall–Kier alpha value is -0.350. The number of rotatable bonds is 12. The number of carbonyl (C=O) groups excluding carboxylic acids is 1. The molecule has 0 aliphatic rings. The van der Waals surface area contributed by atoms with Crippen LogP contribution >= 0.6 is 15.2 Å². The summed E-state index contributed by atoms with van der Waals surface area (Å²) in [6.45, 7) is -0.256. The molecule has 0 rings (SSSR count). The van der Waals surface area contributed by atoms with Gasteiger partial charge in [0.2, 0.25) is 5.91 Å². The number of unbranched alkanes of at least 4 members (excludes halogenated alkanes) is 2. The number of amides is 1. The van der Waals surface area contributed by atoms with Crippen LogP contribution < -0.4 is 11.1 Å². The molecule has 0 bridgehead atoms. The van der Waals surface area contributed by atoms with Crippen LogP contribution in [0.4, 0.5) is 0 Å². The van der Waals surface area contributed by atoms with E-state index in [1.165, 1.54) is 0 Å². The summed E-state index contributed by atoms with van der Waals surface area (Å²) < 4.78 is 21.9. The summed E-state index contributed by atoms with van der Waals surface area (Å²) in [7, 11) is -9.11. The molecular weight excluding hydrogens is 352 g/mol. The van der Waals surface area contributed by atoms with Gasteiger partial charge in [-0.05, 0) is 19.3 Å².